The summed E-state index contributed by atoms with van der Waals surface area (Å²) in [7, 11) is 0. The number of phenolic OH excluding ortho intramolecular Hbond substituents is 1. The molecule has 0 aliphatic carbocycles. The largest absolute Gasteiger partial charge is 0.507 e. The molecule has 2 N–H and O–H groups in total. The number of benzene rings is 2. The number of ether oxygens (including phenoxy) is 1. The number of anilines is 1. The predicted molar refractivity (Wildman–Crippen MR) is 156 cm³/mol. The lowest BCUT2D eigenvalue weighted by Gasteiger charge is -2.34. The van der Waals surface area contributed by atoms with Crippen molar-refractivity contribution in [3.63, 3.8) is 0 Å². The van der Waals surface area contributed by atoms with Gasteiger partial charge in [-0.25, -0.2) is 4.79 Å². The number of nitrogens with one attached hydrogen (secondary N) is 1. The first-order valence-electron chi connectivity index (χ1n) is 14.0. The summed E-state index contributed by atoms with van der Waals surface area (Å²) in [6.07, 6.45) is 6.01. The summed E-state index contributed by atoms with van der Waals surface area (Å²) in [6, 6.07) is 7.85. The molecule has 39 heavy (non-hydrogen) atoms. The lowest BCUT2D eigenvalue weighted by Crippen LogP contribution is -2.44. The number of hydrogen-bond donors (Lipinski definition) is 2. The number of piperazine rings is 1. The Morgan fingerprint density at radius 1 is 1.08 bits per heavy atom. The molecule has 0 spiro atoms. The molecular weight excluding hydrogens is 490 g/mol. The van der Waals surface area contributed by atoms with Crippen LogP contribution in [0.4, 0.5) is 5.69 Å². The molecular formula is C32H41N3O4. The lowest BCUT2D eigenvalue weighted by molar-refractivity contribution is -0.137. The Labute approximate surface area is 232 Å². The SMILES string of the molecule is C=CCc1c(C)c(N2CCNCC2)c(Cc2cccc(C(=O)N3CCC(=CC(=O)OCC)CC3)c2)c(C)c1O. The summed E-state index contributed by atoms with van der Waals surface area (Å²) in [5, 5.41) is 14.6. The van der Waals surface area contributed by atoms with Gasteiger partial charge in [0, 0.05) is 62.2 Å². The number of likely N-dealkylation sites (tertiary alicyclic amines) is 1. The van der Waals surface area contributed by atoms with E-state index in [0.717, 1.165) is 59.6 Å². The fraction of sp³-hybridized carbons (Fsp3) is 0.438. The highest BCUT2D eigenvalue weighted by molar-refractivity contribution is 5.94. The number of rotatable bonds is 8. The van der Waals surface area contributed by atoms with Gasteiger partial charge in [0.05, 0.1) is 6.61 Å². The molecule has 0 atom stereocenters. The van der Waals surface area contributed by atoms with Crippen molar-refractivity contribution in [3.05, 3.63) is 82.0 Å². The molecule has 2 aromatic rings. The van der Waals surface area contributed by atoms with E-state index >= 15 is 0 Å². The summed E-state index contributed by atoms with van der Waals surface area (Å²) >= 11 is 0. The maximum absolute atomic E-state index is 13.4. The molecule has 0 unspecified atom stereocenters. The summed E-state index contributed by atoms with van der Waals surface area (Å²) in [6.45, 7) is 15.0. The average molecular weight is 532 g/mol. The number of nitrogens with zero attached hydrogens (tertiary/aromatic N) is 2. The van der Waals surface area contributed by atoms with Gasteiger partial charge in [-0.2, -0.15) is 0 Å². The molecule has 2 aromatic carbocycles. The van der Waals surface area contributed by atoms with Crippen molar-refractivity contribution < 1.29 is 19.4 Å². The first-order chi connectivity index (χ1) is 18.8. The van der Waals surface area contributed by atoms with Gasteiger partial charge >= 0.3 is 5.97 Å². The standard InChI is InChI=1S/C32H41N3O4/c1-5-8-27-22(3)30(34-17-13-33-14-18-34)28(23(4)31(27)37)20-25-9-7-10-26(19-25)32(38)35-15-11-24(12-16-35)21-29(36)39-6-2/h5,7,9-10,19,21,33,37H,1,6,8,11-18,20H2,2-4H3. The molecule has 2 aliphatic heterocycles. The molecule has 2 heterocycles. The van der Waals surface area contributed by atoms with Gasteiger partial charge in [0.25, 0.3) is 5.91 Å². The van der Waals surface area contributed by atoms with Gasteiger partial charge in [-0.3, -0.25) is 4.79 Å². The van der Waals surface area contributed by atoms with Crippen LogP contribution >= 0.6 is 0 Å². The molecule has 7 nitrogen and oxygen atoms in total. The summed E-state index contributed by atoms with van der Waals surface area (Å²) in [4.78, 5) is 29.4. The van der Waals surface area contributed by atoms with E-state index in [-0.39, 0.29) is 11.9 Å². The van der Waals surface area contributed by atoms with Crippen molar-refractivity contribution in [2.24, 2.45) is 0 Å². The van der Waals surface area contributed by atoms with Crippen molar-refractivity contribution in [2.45, 2.75) is 46.5 Å². The quantitative estimate of drug-likeness (QED) is 0.297. The summed E-state index contributed by atoms with van der Waals surface area (Å²) in [5.41, 5.74) is 7.95. The fourth-order valence-electron chi connectivity index (χ4n) is 5.71. The van der Waals surface area contributed by atoms with E-state index in [2.05, 4.69) is 29.8 Å². The molecule has 2 fully saturated rings. The Kier molecular flexibility index (Phi) is 9.46. The number of hydrogen-bond acceptors (Lipinski definition) is 6. The van der Waals surface area contributed by atoms with Crippen LogP contribution < -0.4 is 10.2 Å². The van der Waals surface area contributed by atoms with Crippen molar-refractivity contribution in [2.75, 3.05) is 50.8 Å². The van der Waals surface area contributed by atoms with Crippen molar-refractivity contribution in [1.29, 1.82) is 0 Å². The van der Waals surface area contributed by atoms with E-state index in [1.165, 1.54) is 5.69 Å². The van der Waals surface area contributed by atoms with Crippen LogP contribution in [-0.4, -0.2) is 67.8 Å². The van der Waals surface area contributed by atoms with Crippen LogP contribution in [0.3, 0.4) is 0 Å². The number of carbonyl (C=O) groups is 2. The number of carbonyl (C=O) groups excluding carboxylic acids is 2. The first kappa shape index (κ1) is 28.4. The Hall–Kier alpha value is -3.58. The second-order valence-corrected chi connectivity index (χ2v) is 10.4. The molecule has 1 amide bonds. The third-order valence-electron chi connectivity index (χ3n) is 7.83. The third kappa shape index (κ3) is 6.53. The van der Waals surface area contributed by atoms with Gasteiger partial charge in [-0.1, -0.05) is 23.8 Å². The molecule has 0 saturated carbocycles. The van der Waals surface area contributed by atoms with Gasteiger partial charge < -0.3 is 25.0 Å². The van der Waals surface area contributed by atoms with Gasteiger partial charge in [0.1, 0.15) is 5.75 Å². The second kappa shape index (κ2) is 13.0. The number of piperidine rings is 1. The van der Waals surface area contributed by atoms with Crippen molar-refractivity contribution in [1.82, 2.24) is 10.2 Å². The monoisotopic (exact) mass is 531 g/mol. The normalized spacial score (nSPS) is 15.7. The van der Waals surface area contributed by atoms with Crippen molar-refractivity contribution in [3.8, 4) is 5.75 Å². The van der Waals surface area contributed by atoms with E-state index in [1.54, 1.807) is 13.0 Å². The maximum atomic E-state index is 13.4. The number of esters is 1. The first-order valence-corrected chi connectivity index (χ1v) is 14.0. The highest BCUT2D eigenvalue weighted by Crippen LogP contribution is 2.40. The van der Waals surface area contributed by atoms with Gasteiger partial charge in [-0.05, 0) is 80.8 Å². The van der Waals surface area contributed by atoms with Crippen LogP contribution in [0.15, 0.2) is 48.6 Å². The molecule has 4 rings (SSSR count). The molecule has 0 radical (unpaired) electrons. The van der Waals surface area contributed by atoms with E-state index in [9.17, 15) is 14.7 Å². The van der Waals surface area contributed by atoms with E-state index in [4.69, 9.17) is 4.74 Å². The van der Waals surface area contributed by atoms with Gasteiger partial charge in [-0.15, -0.1) is 6.58 Å². The molecule has 0 bridgehead atoms. The predicted octanol–water partition coefficient (Wildman–Crippen LogP) is 4.46. The van der Waals surface area contributed by atoms with Crippen LogP contribution in [0, 0.1) is 13.8 Å². The Morgan fingerprint density at radius 3 is 2.46 bits per heavy atom. The molecule has 0 aromatic heterocycles. The number of aromatic hydroxyl groups is 1. The minimum Gasteiger partial charge on any atom is -0.507 e. The van der Waals surface area contributed by atoms with Crippen molar-refractivity contribution >= 4 is 17.6 Å². The van der Waals surface area contributed by atoms with E-state index in [1.807, 2.05) is 36.1 Å². The second-order valence-electron chi connectivity index (χ2n) is 10.4. The summed E-state index contributed by atoms with van der Waals surface area (Å²) in [5.74, 6) is 0.0363. The zero-order valence-electron chi connectivity index (χ0n) is 23.5. The topological polar surface area (TPSA) is 82.1 Å². The minimum atomic E-state index is -0.311. The smallest absolute Gasteiger partial charge is 0.330 e. The minimum absolute atomic E-state index is 0.00597. The van der Waals surface area contributed by atoms with Crippen LogP contribution in [-0.2, 0) is 22.4 Å². The fourth-order valence-corrected chi connectivity index (χ4v) is 5.71. The Balaban J connectivity index is 1.57. The Bertz CT molecular complexity index is 1250. The lowest BCUT2D eigenvalue weighted by atomic mass is 9.89. The Morgan fingerprint density at radius 2 is 1.79 bits per heavy atom. The third-order valence-corrected chi connectivity index (χ3v) is 7.83. The average Bonchev–Trinajstić information content (AvgIpc) is 2.95. The zero-order valence-corrected chi connectivity index (χ0v) is 23.5. The van der Waals surface area contributed by atoms with Gasteiger partial charge in [0.15, 0.2) is 0 Å². The highest BCUT2D eigenvalue weighted by atomic mass is 16.5. The van der Waals surface area contributed by atoms with E-state index in [0.29, 0.717) is 56.7 Å². The van der Waals surface area contributed by atoms with E-state index < -0.39 is 0 Å². The summed E-state index contributed by atoms with van der Waals surface area (Å²) < 4.78 is 5.02. The zero-order chi connectivity index (χ0) is 27.9. The molecule has 2 saturated heterocycles. The van der Waals surface area contributed by atoms with Crippen LogP contribution in [0.5, 0.6) is 5.75 Å². The molecule has 2 aliphatic rings. The number of allylic oxidation sites excluding steroid dienone is 1. The van der Waals surface area contributed by atoms with Gasteiger partial charge in [0.2, 0.25) is 0 Å². The molecule has 208 valence electrons. The maximum Gasteiger partial charge on any atom is 0.330 e. The molecule has 7 heteroatoms. The van der Waals surface area contributed by atoms with Crippen LogP contribution in [0.1, 0.15) is 57.9 Å². The van der Waals surface area contributed by atoms with Crippen LogP contribution in [0.2, 0.25) is 0 Å². The number of amides is 1. The van der Waals surface area contributed by atoms with Crippen LogP contribution in [0.25, 0.3) is 0 Å². The highest BCUT2D eigenvalue weighted by Gasteiger charge is 2.25. The number of phenols is 1.